The van der Waals surface area contributed by atoms with Gasteiger partial charge in [0.2, 0.25) is 0 Å². The van der Waals surface area contributed by atoms with E-state index in [4.69, 9.17) is 16.3 Å². The van der Waals surface area contributed by atoms with Gasteiger partial charge in [0.05, 0.1) is 18.7 Å². The third-order valence-corrected chi connectivity index (χ3v) is 2.48. The topological polar surface area (TPSA) is 38.3 Å². The van der Waals surface area contributed by atoms with Crippen LogP contribution in [0.3, 0.4) is 0 Å². The Bertz CT molecular complexity index is 366. The first-order valence-electron chi connectivity index (χ1n) is 5.26. The molecule has 1 rings (SSSR count). The Morgan fingerprint density at radius 3 is 2.81 bits per heavy atom. The minimum Gasteiger partial charge on any atom is -0.495 e. The normalized spacial score (nSPS) is 10.2. The number of hydrogen-bond donors (Lipinski definition) is 1. The molecule has 0 heterocycles. The van der Waals surface area contributed by atoms with E-state index >= 15 is 0 Å². The summed E-state index contributed by atoms with van der Waals surface area (Å²) in [5.74, 6) is 0.623. The summed E-state index contributed by atoms with van der Waals surface area (Å²) in [7, 11) is 1.55. The highest BCUT2D eigenvalue weighted by Crippen LogP contribution is 2.24. The molecular formula is C12H16ClNO2. The first-order valence-corrected chi connectivity index (χ1v) is 5.64. The van der Waals surface area contributed by atoms with Crippen LogP contribution >= 0.6 is 11.6 Å². The lowest BCUT2D eigenvalue weighted by molar-refractivity contribution is 0.0991. The molecule has 0 aliphatic rings. The van der Waals surface area contributed by atoms with Crippen LogP contribution in [0.4, 0.5) is 0 Å². The molecule has 16 heavy (non-hydrogen) atoms. The second-order valence-electron chi connectivity index (χ2n) is 3.45. The van der Waals surface area contributed by atoms with Gasteiger partial charge in [-0.15, -0.1) is 0 Å². The third-order valence-electron chi connectivity index (χ3n) is 2.19. The predicted octanol–water partition coefficient (Wildman–Crippen LogP) is 2.53. The minimum atomic E-state index is 0.0398. The summed E-state index contributed by atoms with van der Waals surface area (Å²) in [6.07, 6.45) is 1.01. The fourth-order valence-electron chi connectivity index (χ4n) is 1.32. The minimum absolute atomic E-state index is 0.0398. The van der Waals surface area contributed by atoms with Gasteiger partial charge in [-0.25, -0.2) is 0 Å². The number of hydrogen-bond acceptors (Lipinski definition) is 3. The lowest BCUT2D eigenvalue weighted by atomic mass is 10.1. The number of methoxy groups -OCH3 is 1. The van der Waals surface area contributed by atoms with Crippen molar-refractivity contribution in [3.05, 3.63) is 28.8 Å². The highest BCUT2D eigenvalue weighted by molar-refractivity contribution is 6.32. The molecule has 1 aromatic carbocycles. The first kappa shape index (κ1) is 13.0. The van der Waals surface area contributed by atoms with Gasteiger partial charge in [-0.2, -0.15) is 0 Å². The lowest BCUT2D eigenvalue weighted by Crippen LogP contribution is -2.23. The molecule has 0 saturated heterocycles. The van der Waals surface area contributed by atoms with Crippen LogP contribution in [0.15, 0.2) is 18.2 Å². The van der Waals surface area contributed by atoms with E-state index in [0.717, 1.165) is 13.0 Å². The number of carbonyl (C=O) groups excluding carboxylic acids is 1. The summed E-state index contributed by atoms with van der Waals surface area (Å²) in [5, 5.41) is 3.52. The molecule has 3 nitrogen and oxygen atoms in total. The Morgan fingerprint density at radius 2 is 2.25 bits per heavy atom. The third kappa shape index (κ3) is 3.51. The predicted molar refractivity (Wildman–Crippen MR) is 65.5 cm³/mol. The van der Waals surface area contributed by atoms with Crippen LogP contribution in [-0.4, -0.2) is 26.0 Å². The molecule has 0 unspecified atom stereocenters. The Labute approximate surface area is 101 Å². The quantitative estimate of drug-likeness (QED) is 0.615. The first-order chi connectivity index (χ1) is 7.69. The van der Waals surface area contributed by atoms with Crippen LogP contribution in [0, 0.1) is 0 Å². The van der Waals surface area contributed by atoms with Crippen LogP contribution in [0.1, 0.15) is 23.7 Å². The number of rotatable bonds is 6. The molecule has 88 valence electrons. The van der Waals surface area contributed by atoms with Crippen molar-refractivity contribution in [1.82, 2.24) is 5.32 Å². The van der Waals surface area contributed by atoms with E-state index in [1.165, 1.54) is 0 Å². The number of benzene rings is 1. The van der Waals surface area contributed by atoms with Gasteiger partial charge in [0, 0.05) is 5.56 Å². The van der Waals surface area contributed by atoms with Gasteiger partial charge in [0.15, 0.2) is 5.78 Å². The molecule has 0 atom stereocenters. The van der Waals surface area contributed by atoms with Crippen molar-refractivity contribution in [1.29, 1.82) is 0 Å². The van der Waals surface area contributed by atoms with Crippen LogP contribution in [0.5, 0.6) is 5.75 Å². The summed E-state index contributed by atoms with van der Waals surface area (Å²) in [4.78, 5) is 11.7. The molecule has 1 aromatic rings. The van der Waals surface area contributed by atoms with Gasteiger partial charge >= 0.3 is 0 Å². The standard InChI is InChI=1S/C12H16ClNO2/c1-3-6-14-8-11(15)9-4-5-12(16-2)10(13)7-9/h4-5,7,14H,3,6,8H2,1-2H3. The van der Waals surface area contributed by atoms with Gasteiger partial charge in [0.1, 0.15) is 5.75 Å². The van der Waals surface area contributed by atoms with Crippen molar-refractivity contribution < 1.29 is 9.53 Å². The van der Waals surface area contributed by atoms with Gasteiger partial charge in [-0.1, -0.05) is 18.5 Å². The van der Waals surface area contributed by atoms with E-state index in [1.54, 1.807) is 25.3 Å². The Morgan fingerprint density at radius 1 is 1.50 bits per heavy atom. The van der Waals surface area contributed by atoms with Crippen molar-refractivity contribution in [2.24, 2.45) is 0 Å². The Hall–Kier alpha value is -1.06. The molecule has 0 fully saturated rings. The zero-order valence-corrected chi connectivity index (χ0v) is 10.3. The maximum Gasteiger partial charge on any atom is 0.176 e. The zero-order chi connectivity index (χ0) is 12.0. The SMILES string of the molecule is CCCNCC(=O)c1ccc(OC)c(Cl)c1. The average Bonchev–Trinajstić information content (AvgIpc) is 2.29. The molecule has 1 N–H and O–H groups in total. The van der Waals surface area contributed by atoms with Crippen molar-refractivity contribution in [3.63, 3.8) is 0 Å². The molecule has 0 saturated carbocycles. The average molecular weight is 242 g/mol. The largest absolute Gasteiger partial charge is 0.495 e. The molecule has 0 spiro atoms. The van der Waals surface area contributed by atoms with Crippen molar-refractivity contribution >= 4 is 17.4 Å². The summed E-state index contributed by atoms with van der Waals surface area (Å²) in [6.45, 7) is 3.24. The summed E-state index contributed by atoms with van der Waals surface area (Å²) < 4.78 is 5.02. The van der Waals surface area contributed by atoms with Crippen LogP contribution in [-0.2, 0) is 0 Å². The fourth-order valence-corrected chi connectivity index (χ4v) is 1.58. The van der Waals surface area contributed by atoms with Gasteiger partial charge < -0.3 is 10.1 Å². The lowest BCUT2D eigenvalue weighted by Gasteiger charge is -2.06. The second-order valence-corrected chi connectivity index (χ2v) is 3.86. The Balaban J connectivity index is 2.66. The van der Waals surface area contributed by atoms with Crippen LogP contribution in [0.25, 0.3) is 0 Å². The molecule has 0 aliphatic carbocycles. The smallest absolute Gasteiger partial charge is 0.176 e. The number of ether oxygens (including phenoxy) is 1. The van der Waals surface area contributed by atoms with Crippen molar-refractivity contribution in [2.75, 3.05) is 20.2 Å². The molecule has 0 radical (unpaired) electrons. The van der Waals surface area contributed by atoms with E-state index in [0.29, 0.717) is 22.9 Å². The zero-order valence-electron chi connectivity index (χ0n) is 9.55. The van der Waals surface area contributed by atoms with E-state index in [1.807, 2.05) is 0 Å². The van der Waals surface area contributed by atoms with Crippen molar-refractivity contribution in [2.45, 2.75) is 13.3 Å². The highest BCUT2D eigenvalue weighted by Gasteiger charge is 2.08. The molecule has 0 amide bonds. The van der Waals surface area contributed by atoms with Crippen LogP contribution < -0.4 is 10.1 Å². The van der Waals surface area contributed by atoms with E-state index in [9.17, 15) is 4.79 Å². The van der Waals surface area contributed by atoms with E-state index in [2.05, 4.69) is 12.2 Å². The van der Waals surface area contributed by atoms with E-state index < -0.39 is 0 Å². The number of halogens is 1. The fraction of sp³-hybridized carbons (Fsp3) is 0.417. The van der Waals surface area contributed by atoms with Gasteiger partial charge in [-0.3, -0.25) is 4.79 Å². The maximum atomic E-state index is 11.7. The van der Waals surface area contributed by atoms with Crippen molar-refractivity contribution in [3.8, 4) is 5.75 Å². The Kier molecular flexibility index (Phi) is 5.29. The number of ketones is 1. The summed E-state index contributed by atoms with van der Waals surface area (Å²) >= 11 is 5.94. The maximum absolute atomic E-state index is 11.7. The second kappa shape index (κ2) is 6.51. The summed E-state index contributed by atoms with van der Waals surface area (Å²) in [6, 6.07) is 5.06. The molecule has 0 bridgehead atoms. The monoisotopic (exact) mass is 241 g/mol. The highest BCUT2D eigenvalue weighted by atomic mass is 35.5. The molecule has 0 aliphatic heterocycles. The molecule has 4 heteroatoms. The number of nitrogens with one attached hydrogen (secondary N) is 1. The van der Waals surface area contributed by atoms with Crippen LogP contribution in [0.2, 0.25) is 5.02 Å². The summed E-state index contributed by atoms with van der Waals surface area (Å²) in [5.41, 5.74) is 0.606. The molecule has 0 aromatic heterocycles. The number of carbonyl (C=O) groups is 1. The molecular weight excluding hydrogens is 226 g/mol. The van der Waals surface area contributed by atoms with E-state index in [-0.39, 0.29) is 5.78 Å². The number of Topliss-reactive ketones (excluding diaryl/α,β-unsaturated/α-hetero) is 1. The van der Waals surface area contributed by atoms with Gasteiger partial charge in [-0.05, 0) is 31.2 Å². The van der Waals surface area contributed by atoms with Gasteiger partial charge in [0.25, 0.3) is 0 Å².